The highest BCUT2D eigenvalue weighted by Crippen LogP contribution is 2.23. The molecule has 2 aromatic rings. The minimum absolute atomic E-state index is 0.130. The molecule has 1 aromatic carbocycles. The van der Waals surface area contributed by atoms with E-state index in [-0.39, 0.29) is 12.0 Å². The molecule has 5 nitrogen and oxygen atoms in total. The number of rotatable bonds is 4. The largest absolute Gasteiger partial charge is 0.376 e. The van der Waals surface area contributed by atoms with Crippen LogP contribution >= 0.6 is 11.5 Å². The number of hydrogen-bond acceptors (Lipinski definition) is 5. The molecule has 3 rings (SSSR count). The lowest BCUT2D eigenvalue weighted by molar-refractivity contribution is 0.0861. The average Bonchev–Trinajstić information content (AvgIpc) is 3.17. The maximum Gasteiger partial charge on any atom is 0.265 e. The Kier molecular flexibility index (Phi) is 4.03. The van der Waals surface area contributed by atoms with Crippen molar-refractivity contribution in [3.8, 4) is 11.3 Å². The quantitative estimate of drug-likeness (QED) is 0.936. The predicted octanol–water partition coefficient (Wildman–Crippen LogP) is 2.11. The van der Waals surface area contributed by atoms with Crippen LogP contribution in [0, 0.1) is 0 Å². The van der Waals surface area contributed by atoms with Crippen molar-refractivity contribution in [1.29, 1.82) is 0 Å². The van der Waals surface area contributed by atoms with Gasteiger partial charge >= 0.3 is 0 Å². The van der Waals surface area contributed by atoms with Gasteiger partial charge < -0.3 is 10.1 Å². The van der Waals surface area contributed by atoms with Crippen LogP contribution in [-0.4, -0.2) is 34.7 Å². The van der Waals surface area contributed by atoms with Crippen molar-refractivity contribution in [3.63, 3.8) is 0 Å². The van der Waals surface area contributed by atoms with E-state index in [0.29, 0.717) is 17.1 Å². The van der Waals surface area contributed by atoms with Crippen LogP contribution in [0.5, 0.6) is 0 Å². The molecular formula is C14H15N3O2S. The summed E-state index contributed by atoms with van der Waals surface area (Å²) in [6.07, 6.45) is 2.21. The van der Waals surface area contributed by atoms with Gasteiger partial charge in [-0.05, 0) is 24.4 Å². The van der Waals surface area contributed by atoms with Gasteiger partial charge in [0.25, 0.3) is 5.91 Å². The molecule has 1 aliphatic rings. The van der Waals surface area contributed by atoms with Crippen LogP contribution in [0.15, 0.2) is 30.3 Å². The van der Waals surface area contributed by atoms with Crippen LogP contribution in [0.1, 0.15) is 22.5 Å². The van der Waals surface area contributed by atoms with E-state index in [1.807, 2.05) is 30.3 Å². The van der Waals surface area contributed by atoms with Gasteiger partial charge in [0.2, 0.25) is 0 Å². The third-order valence-electron chi connectivity index (χ3n) is 3.26. The normalized spacial score (nSPS) is 18.1. The molecule has 6 heteroatoms. The van der Waals surface area contributed by atoms with E-state index in [1.165, 1.54) is 0 Å². The van der Waals surface area contributed by atoms with Crippen molar-refractivity contribution in [3.05, 3.63) is 35.2 Å². The summed E-state index contributed by atoms with van der Waals surface area (Å²) < 4.78 is 9.39. The van der Waals surface area contributed by atoms with E-state index in [9.17, 15) is 4.79 Å². The zero-order chi connectivity index (χ0) is 13.8. The third-order valence-corrected chi connectivity index (χ3v) is 3.98. The lowest BCUT2D eigenvalue weighted by Gasteiger charge is -2.10. The molecule has 1 atom stereocenters. The van der Waals surface area contributed by atoms with Crippen LogP contribution in [0.4, 0.5) is 0 Å². The number of amides is 1. The summed E-state index contributed by atoms with van der Waals surface area (Å²) in [5.74, 6) is -0.130. The molecular weight excluding hydrogens is 274 g/mol. The van der Waals surface area contributed by atoms with Gasteiger partial charge in [-0.2, -0.15) is 0 Å². The van der Waals surface area contributed by atoms with Crippen LogP contribution in [0.2, 0.25) is 0 Å². The predicted molar refractivity (Wildman–Crippen MR) is 76.7 cm³/mol. The summed E-state index contributed by atoms with van der Waals surface area (Å²) >= 11 is 1.12. The Morgan fingerprint density at radius 2 is 2.25 bits per heavy atom. The van der Waals surface area contributed by atoms with Crippen molar-refractivity contribution >= 4 is 17.4 Å². The second-order valence-corrected chi connectivity index (χ2v) is 5.42. The Balaban J connectivity index is 1.70. The number of nitrogens with one attached hydrogen (secondary N) is 1. The Morgan fingerprint density at radius 1 is 1.40 bits per heavy atom. The molecule has 1 fully saturated rings. The van der Waals surface area contributed by atoms with E-state index >= 15 is 0 Å². The lowest BCUT2D eigenvalue weighted by Crippen LogP contribution is -2.31. The van der Waals surface area contributed by atoms with Gasteiger partial charge in [-0.15, -0.1) is 5.10 Å². The zero-order valence-electron chi connectivity index (χ0n) is 10.9. The first kappa shape index (κ1) is 13.2. The number of nitrogens with zero attached hydrogens (tertiary/aromatic N) is 2. The summed E-state index contributed by atoms with van der Waals surface area (Å²) in [7, 11) is 0. The van der Waals surface area contributed by atoms with Crippen molar-refractivity contribution in [1.82, 2.24) is 14.9 Å². The fourth-order valence-corrected chi connectivity index (χ4v) is 2.82. The number of aromatic nitrogens is 2. The van der Waals surface area contributed by atoms with Gasteiger partial charge in [0.15, 0.2) is 0 Å². The summed E-state index contributed by atoms with van der Waals surface area (Å²) in [6, 6.07) is 9.62. The van der Waals surface area contributed by atoms with Crippen LogP contribution in [0.3, 0.4) is 0 Å². The summed E-state index contributed by atoms with van der Waals surface area (Å²) in [5.41, 5.74) is 1.55. The minimum atomic E-state index is -0.130. The molecule has 1 N–H and O–H groups in total. The molecule has 104 valence electrons. The molecule has 0 spiro atoms. The smallest absolute Gasteiger partial charge is 0.265 e. The van der Waals surface area contributed by atoms with Crippen molar-refractivity contribution in [2.45, 2.75) is 18.9 Å². The number of hydrogen-bond donors (Lipinski definition) is 1. The van der Waals surface area contributed by atoms with Crippen molar-refractivity contribution < 1.29 is 9.53 Å². The fraction of sp³-hybridized carbons (Fsp3) is 0.357. The minimum Gasteiger partial charge on any atom is -0.376 e. The molecule has 1 saturated heterocycles. The van der Waals surface area contributed by atoms with Gasteiger partial charge in [0, 0.05) is 18.7 Å². The molecule has 2 heterocycles. The monoisotopic (exact) mass is 289 g/mol. The molecule has 0 radical (unpaired) electrons. The SMILES string of the molecule is O=C(NCC1CCCO1)c1snnc1-c1ccccc1. The average molecular weight is 289 g/mol. The highest BCUT2D eigenvalue weighted by molar-refractivity contribution is 7.08. The van der Waals surface area contributed by atoms with E-state index in [0.717, 1.165) is 36.5 Å². The molecule has 0 saturated carbocycles. The number of carbonyl (C=O) groups is 1. The fourth-order valence-electron chi connectivity index (χ4n) is 2.22. The van der Waals surface area contributed by atoms with E-state index in [1.54, 1.807) is 0 Å². The Hall–Kier alpha value is -1.79. The number of ether oxygens (including phenoxy) is 1. The van der Waals surface area contributed by atoms with Gasteiger partial charge in [0.1, 0.15) is 10.6 Å². The first-order valence-corrected chi connectivity index (χ1v) is 7.39. The van der Waals surface area contributed by atoms with Crippen LogP contribution in [-0.2, 0) is 4.74 Å². The van der Waals surface area contributed by atoms with Gasteiger partial charge in [-0.25, -0.2) is 0 Å². The standard InChI is InChI=1S/C14H15N3O2S/c18-14(15-9-11-7-4-8-19-11)13-12(16-17-20-13)10-5-2-1-3-6-10/h1-3,5-6,11H,4,7-9H2,(H,15,18). The Labute approximate surface area is 121 Å². The van der Waals surface area contributed by atoms with Gasteiger partial charge in [0.05, 0.1) is 6.10 Å². The molecule has 1 aliphatic heterocycles. The summed E-state index contributed by atoms with van der Waals surface area (Å²) in [6.45, 7) is 1.34. The summed E-state index contributed by atoms with van der Waals surface area (Å²) in [4.78, 5) is 12.8. The van der Waals surface area contributed by atoms with Gasteiger partial charge in [-0.1, -0.05) is 34.8 Å². The maximum absolute atomic E-state index is 12.2. The topological polar surface area (TPSA) is 64.1 Å². The molecule has 20 heavy (non-hydrogen) atoms. The molecule has 1 amide bonds. The highest BCUT2D eigenvalue weighted by atomic mass is 32.1. The Morgan fingerprint density at radius 3 is 3.00 bits per heavy atom. The molecule has 0 aliphatic carbocycles. The highest BCUT2D eigenvalue weighted by Gasteiger charge is 2.20. The molecule has 1 unspecified atom stereocenters. The van der Waals surface area contributed by atoms with Gasteiger partial charge in [-0.3, -0.25) is 4.79 Å². The van der Waals surface area contributed by atoms with E-state index in [4.69, 9.17) is 4.74 Å². The van der Waals surface area contributed by atoms with Crippen molar-refractivity contribution in [2.75, 3.05) is 13.2 Å². The van der Waals surface area contributed by atoms with Crippen LogP contribution < -0.4 is 5.32 Å². The van der Waals surface area contributed by atoms with E-state index < -0.39 is 0 Å². The second-order valence-electron chi connectivity index (χ2n) is 4.66. The first-order valence-electron chi connectivity index (χ1n) is 6.62. The third kappa shape index (κ3) is 2.86. The number of benzene rings is 1. The molecule has 1 aromatic heterocycles. The summed E-state index contributed by atoms with van der Waals surface area (Å²) in [5, 5.41) is 6.97. The lowest BCUT2D eigenvalue weighted by atomic mass is 10.1. The second kappa shape index (κ2) is 6.11. The van der Waals surface area contributed by atoms with Crippen LogP contribution in [0.25, 0.3) is 11.3 Å². The Bertz CT molecular complexity index is 579. The van der Waals surface area contributed by atoms with Crippen molar-refractivity contribution in [2.24, 2.45) is 0 Å². The number of carbonyl (C=O) groups excluding carboxylic acids is 1. The first-order chi connectivity index (χ1) is 9.84. The van der Waals surface area contributed by atoms with E-state index in [2.05, 4.69) is 14.9 Å². The zero-order valence-corrected chi connectivity index (χ0v) is 11.7. The molecule has 0 bridgehead atoms. The maximum atomic E-state index is 12.2.